The summed E-state index contributed by atoms with van der Waals surface area (Å²) < 4.78 is 5.03. The lowest BCUT2D eigenvalue weighted by molar-refractivity contribution is -0.117. The number of carboxylic acids is 1. The molecule has 1 saturated heterocycles. The van der Waals surface area contributed by atoms with Crippen molar-refractivity contribution in [3.63, 3.8) is 0 Å². The summed E-state index contributed by atoms with van der Waals surface area (Å²) in [4.78, 5) is 44.0. The Morgan fingerprint density at radius 1 is 1.17 bits per heavy atom. The van der Waals surface area contributed by atoms with E-state index in [1.54, 1.807) is 36.1 Å². The zero-order valence-electron chi connectivity index (χ0n) is 16.8. The lowest BCUT2D eigenvalue weighted by Crippen LogP contribution is -2.49. The average molecular weight is 412 g/mol. The van der Waals surface area contributed by atoms with Crippen LogP contribution in [0.2, 0.25) is 0 Å². The van der Waals surface area contributed by atoms with E-state index < -0.39 is 5.97 Å². The molecule has 2 aliphatic rings. The van der Waals surface area contributed by atoms with Gasteiger partial charge in [-0.1, -0.05) is 0 Å². The Morgan fingerprint density at radius 3 is 2.53 bits per heavy atom. The normalized spacial score (nSPS) is 16.4. The monoisotopic (exact) mass is 412 g/mol. The highest BCUT2D eigenvalue weighted by molar-refractivity contribution is 6.05. The van der Waals surface area contributed by atoms with Crippen LogP contribution in [0, 0.1) is 5.92 Å². The average Bonchev–Trinajstić information content (AvgIpc) is 3.58. The molecular formula is C21H24N4O5. The highest BCUT2D eigenvalue weighted by atomic mass is 16.6. The number of carboxylic acid groups (broad SMARTS) is 1. The summed E-state index contributed by atoms with van der Waals surface area (Å²) in [7, 11) is 0. The van der Waals surface area contributed by atoms with Crippen LogP contribution in [-0.4, -0.2) is 65.7 Å². The van der Waals surface area contributed by atoms with Gasteiger partial charge in [-0.2, -0.15) is 0 Å². The fourth-order valence-corrected chi connectivity index (χ4v) is 3.55. The van der Waals surface area contributed by atoms with Gasteiger partial charge in [0, 0.05) is 43.2 Å². The predicted octanol–water partition coefficient (Wildman–Crippen LogP) is 2.56. The van der Waals surface area contributed by atoms with Gasteiger partial charge in [0.1, 0.15) is 5.82 Å². The van der Waals surface area contributed by atoms with Crippen LogP contribution in [0.15, 0.2) is 24.3 Å². The van der Waals surface area contributed by atoms with Gasteiger partial charge >= 0.3 is 12.1 Å². The first-order valence-corrected chi connectivity index (χ1v) is 10.1. The number of rotatable bonds is 5. The van der Waals surface area contributed by atoms with E-state index in [0.717, 1.165) is 12.8 Å². The highest BCUT2D eigenvalue weighted by Crippen LogP contribution is 2.31. The number of carbonyl (C=O) groups is 3. The topological polar surface area (TPSA) is 112 Å². The Labute approximate surface area is 173 Å². The summed E-state index contributed by atoms with van der Waals surface area (Å²) in [5.41, 5.74) is 1.24. The van der Waals surface area contributed by atoms with E-state index in [-0.39, 0.29) is 23.5 Å². The van der Waals surface area contributed by atoms with Crippen molar-refractivity contribution in [3.05, 3.63) is 29.8 Å². The molecule has 0 radical (unpaired) electrons. The number of aromatic nitrogens is 1. The standard InChI is InChI=1S/C21H24N4O5/c1-2-30-21(29)25-9-7-24(8-10-25)18-12-16(20(27)28)15-11-14(5-6-17(15)23-18)22-19(26)13-3-4-13/h5-6,11-13H,2-4,7-10H2,1H3,(H,22,26)(H,27,28). The third-order valence-corrected chi connectivity index (χ3v) is 5.37. The van der Waals surface area contributed by atoms with E-state index in [2.05, 4.69) is 10.3 Å². The van der Waals surface area contributed by atoms with Crippen molar-refractivity contribution in [1.29, 1.82) is 0 Å². The van der Waals surface area contributed by atoms with E-state index in [1.807, 2.05) is 4.90 Å². The largest absolute Gasteiger partial charge is 0.478 e. The first-order valence-electron chi connectivity index (χ1n) is 10.1. The predicted molar refractivity (Wildman–Crippen MR) is 111 cm³/mol. The third kappa shape index (κ3) is 4.14. The maximum atomic E-state index is 12.0. The molecule has 2 amide bonds. The second-order valence-corrected chi connectivity index (χ2v) is 7.50. The Hall–Kier alpha value is -3.36. The van der Waals surface area contributed by atoms with Crippen LogP contribution in [0.5, 0.6) is 0 Å². The van der Waals surface area contributed by atoms with Gasteiger partial charge in [0.2, 0.25) is 5.91 Å². The molecule has 1 aromatic carbocycles. The van der Waals surface area contributed by atoms with Gasteiger partial charge in [-0.15, -0.1) is 0 Å². The molecule has 9 nitrogen and oxygen atoms in total. The number of anilines is 2. The smallest absolute Gasteiger partial charge is 0.409 e. The molecule has 30 heavy (non-hydrogen) atoms. The summed E-state index contributed by atoms with van der Waals surface area (Å²) in [6.07, 6.45) is 1.46. The van der Waals surface area contributed by atoms with Crippen molar-refractivity contribution >= 4 is 40.4 Å². The summed E-state index contributed by atoms with van der Waals surface area (Å²) in [6, 6.07) is 6.68. The molecule has 158 valence electrons. The van der Waals surface area contributed by atoms with E-state index in [9.17, 15) is 19.5 Å². The molecule has 1 aliphatic carbocycles. The molecule has 1 saturated carbocycles. The quantitative estimate of drug-likeness (QED) is 0.776. The van der Waals surface area contributed by atoms with Crippen molar-refractivity contribution in [1.82, 2.24) is 9.88 Å². The zero-order chi connectivity index (χ0) is 21.3. The lowest BCUT2D eigenvalue weighted by atomic mass is 10.1. The van der Waals surface area contributed by atoms with Crippen molar-refractivity contribution < 1.29 is 24.2 Å². The van der Waals surface area contributed by atoms with Crippen LogP contribution >= 0.6 is 0 Å². The van der Waals surface area contributed by atoms with Crippen LogP contribution in [0.3, 0.4) is 0 Å². The van der Waals surface area contributed by atoms with Gasteiger partial charge < -0.3 is 25.0 Å². The van der Waals surface area contributed by atoms with Crippen LogP contribution in [0.4, 0.5) is 16.3 Å². The molecule has 0 spiro atoms. The van der Waals surface area contributed by atoms with Crippen molar-refractivity contribution in [2.24, 2.45) is 5.92 Å². The number of piperazine rings is 1. The molecule has 4 rings (SSSR count). The van der Waals surface area contributed by atoms with E-state index in [0.29, 0.717) is 55.2 Å². The summed E-state index contributed by atoms with van der Waals surface area (Å²) >= 11 is 0. The number of nitrogens with zero attached hydrogens (tertiary/aromatic N) is 3. The fraction of sp³-hybridized carbons (Fsp3) is 0.429. The molecule has 2 heterocycles. The molecule has 2 aromatic rings. The maximum absolute atomic E-state index is 12.0. The van der Waals surface area contributed by atoms with Crippen molar-refractivity contribution in [2.75, 3.05) is 43.0 Å². The number of aromatic carboxylic acids is 1. The van der Waals surface area contributed by atoms with E-state index in [4.69, 9.17) is 4.74 Å². The Kier molecular flexibility index (Phi) is 5.43. The van der Waals surface area contributed by atoms with Crippen LogP contribution < -0.4 is 10.2 Å². The SMILES string of the molecule is CCOC(=O)N1CCN(c2cc(C(=O)O)c3cc(NC(=O)C4CC4)ccc3n2)CC1. The second kappa shape index (κ2) is 8.17. The molecular weight excluding hydrogens is 388 g/mol. The molecule has 0 unspecified atom stereocenters. The fourth-order valence-electron chi connectivity index (χ4n) is 3.55. The lowest BCUT2D eigenvalue weighted by Gasteiger charge is -2.35. The maximum Gasteiger partial charge on any atom is 0.409 e. The molecule has 1 aromatic heterocycles. The van der Waals surface area contributed by atoms with E-state index >= 15 is 0 Å². The zero-order valence-corrected chi connectivity index (χ0v) is 16.8. The Bertz CT molecular complexity index is 996. The summed E-state index contributed by atoms with van der Waals surface area (Å²) in [6.45, 7) is 4.12. The number of carbonyl (C=O) groups excluding carboxylic acids is 2. The number of pyridine rings is 1. The van der Waals surface area contributed by atoms with Gasteiger partial charge in [0.25, 0.3) is 0 Å². The second-order valence-electron chi connectivity index (χ2n) is 7.50. The summed E-state index contributed by atoms with van der Waals surface area (Å²) in [5.74, 6) is -0.471. The number of hydrogen-bond donors (Lipinski definition) is 2. The number of amides is 2. The molecule has 9 heteroatoms. The number of benzene rings is 1. The van der Waals surface area contributed by atoms with Gasteiger partial charge in [-0.25, -0.2) is 14.6 Å². The minimum Gasteiger partial charge on any atom is -0.478 e. The Morgan fingerprint density at radius 2 is 1.90 bits per heavy atom. The van der Waals surface area contributed by atoms with E-state index in [1.165, 1.54) is 0 Å². The number of hydrogen-bond acceptors (Lipinski definition) is 6. The number of nitrogens with one attached hydrogen (secondary N) is 1. The molecule has 2 N–H and O–H groups in total. The van der Waals surface area contributed by atoms with Crippen LogP contribution in [0.25, 0.3) is 10.9 Å². The number of ether oxygens (including phenoxy) is 1. The van der Waals surface area contributed by atoms with Gasteiger partial charge in [0.05, 0.1) is 17.7 Å². The molecule has 0 atom stereocenters. The minimum atomic E-state index is -1.06. The van der Waals surface area contributed by atoms with Crippen LogP contribution in [0.1, 0.15) is 30.1 Å². The highest BCUT2D eigenvalue weighted by Gasteiger charge is 2.30. The van der Waals surface area contributed by atoms with Gasteiger partial charge in [-0.3, -0.25) is 4.79 Å². The van der Waals surface area contributed by atoms with Crippen LogP contribution in [-0.2, 0) is 9.53 Å². The summed E-state index contributed by atoms with van der Waals surface area (Å²) in [5, 5.41) is 13.1. The molecule has 2 fully saturated rings. The third-order valence-electron chi connectivity index (χ3n) is 5.37. The van der Waals surface area contributed by atoms with Crippen molar-refractivity contribution in [3.8, 4) is 0 Å². The molecule has 1 aliphatic heterocycles. The first kappa shape index (κ1) is 19.9. The number of fused-ring (bicyclic) bond motifs is 1. The first-order chi connectivity index (χ1) is 14.5. The van der Waals surface area contributed by atoms with Crippen molar-refractivity contribution in [2.45, 2.75) is 19.8 Å². The minimum absolute atomic E-state index is 0.0322. The molecule has 0 bridgehead atoms. The van der Waals surface area contributed by atoms with Gasteiger partial charge in [0.15, 0.2) is 0 Å². The van der Waals surface area contributed by atoms with Gasteiger partial charge in [-0.05, 0) is 44.0 Å². The Balaban J connectivity index is 1.57.